The summed E-state index contributed by atoms with van der Waals surface area (Å²) in [7, 11) is 0. The zero-order chi connectivity index (χ0) is 17.7. The minimum Gasteiger partial charge on any atom is -0.508 e. The van der Waals surface area contributed by atoms with E-state index in [1.807, 2.05) is 4.90 Å². The molecule has 4 atom stereocenters. The fraction of sp³-hybridized carbons (Fsp3) is 0.632. The molecule has 3 heterocycles. The summed E-state index contributed by atoms with van der Waals surface area (Å²) in [6.07, 6.45) is 3.71. The Morgan fingerprint density at radius 3 is 2.68 bits per heavy atom. The van der Waals surface area contributed by atoms with Crippen molar-refractivity contribution in [2.75, 3.05) is 19.6 Å². The molecule has 3 saturated heterocycles. The van der Waals surface area contributed by atoms with E-state index in [4.69, 9.17) is 23.2 Å². The predicted molar refractivity (Wildman–Crippen MR) is 99.4 cm³/mol. The second-order valence-electron chi connectivity index (χ2n) is 7.91. The van der Waals surface area contributed by atoms with Crippen LogP contribution in [-0.2, 0) is 4.79 Å². The van der Waals surface area contributed by atoms with E-state index in [2.05, 4.69) is 11.8 Å². The molecule has 136 valence electrons. The first-order valence-electron chi connectivity index (χ1n) is 9.14. The topological polar surface area (TPSA) is 43.8 Å². The zero-order valence-electron chi connectivity index (χ0n) is 14.4. The van der Waals surface area contributed by atoms with Gasteiger partial charge in [0.2, 0.25) is 5.91 Å². The van der Waals surface area contributed by atoms with Gasteiger partial charge < -0.3 is 10.0 Å². The minimum atomic E-state index is 0.0522. The lowest BCUT2D eigenvalue weighted by Gasteiger charge is -2.38. The summed E-state index contributed by atoms with van der Waals surface area (Å²) in [4.78, 5) is 17.2. The third kappa shape index (κ3) is 3.13. The van der Waals surface area contributed by atoms with Crippen molar-refractivity contribution in [2.45, 2.75) is 50.6 Å². The van der Waals surface area contributed by atoms with Crippen molar-refractivity contribution in [3.05, 3.63) is 27.7 Å². The summed E-state index contributed by atoms with van der Waals surface area (Å²) in [6.45, 7) is 5.12. The zero-order valence-corrected chi connectivity index (χ0v) is 15.9. The Kier molecular flexibility index (Phi) is 4.63. The van der Waals surface area contributed by atoms with Gasteiger partial charge >= 0.3 is 0 Å². The summed E-state index contributed by atoms with van der Waals surface area (Å²) in [5.41, 5.74) is 0.697. The molecule has 0 aromatic heterocycles. The highest BCUT2D eigenvalue weighted by molar-refractivity contribution is 6.42. The predicted octanol–water partition coefficient (Wildman–Crippen LogP) is 3.89. The molecular weight excluding hydrogens is 359 g/mol. The van der Waals surface area contributed by atoms with Crippen molar-refractivity contribution in [2.24, 2.45) is 5.92 Å². The molecule has 3 aliphatic heterocycles. The molecule has 0 radical (unpaired) electrons. The van der Waals surface area contributed by atoms with E-state index in [9.17, 15) is 9.90 Å². The Labute approximate surface area is 158 Å². The number of piperidine rings is 1. The number of likely N-dealkylation sites (tertiary alicyclic amines) is 1. The first-order chi connectivity index (χ1) is 11.9. The van der Waals surface area contributed by atoms with Crippen LogP contribution in [0.4, 0.5) is 0 Å². The number of carbonyl (C=O) groups is 1. The maximum absolute atomic E-state index is 12.7. The number of halogens is 2. The minimum absolute atomic E-state index is 0.0522. The van der Waals surface area contributed by atoms with Crippen LogP contribution in [0.5, 0.6) is 5.75 Å². The van der Waals surface area contributed by atoms with Crippen molar-refractivity contribution < 1.29 is 9.90 Å². The lowest BCUT2D eigenvalue weighted by atomic mass is 9.91. The third-order valence-corrected chi connectivity index (χ3v) is 7.00. The van der Waals surface area contributed by atoms with Crippen LogP contribution in [0.2, 0.25) is 10.0 Å². The molecule has 1 amide bonds. The SMILES string of the molecule is C[C@H]1CCN([C@@H]2CC(=O)N3C[C@@H](c4c(O)ccc(Cl)c4Cl)C[C@H]3C2)C1. The smallest absolute Gasteiger partial charge is 0.224 e. The summed E-state index contributed by atoms with van der Waals surface area (Å²) in [5.74, 6) is 1.20. The van der Waals surface area contributed by atoms with Crippen molar-refractivity contribution >= 4 is 29.1 Å². The molecule has 1 aromatic carbocycles. The van der Waals surface area contributed by atoms with Crippen LogP contribution in [0.25, 0.3) is 0 Å². The molecule has 25 heavy (non-hydrogen) atoms. The van der Waals surface area contributed by atoms with Gasteiger partial charge in [-0.3, -0.25) is 9.69 Å². The number of carbonyl (C=O) groups excluding carboxylic acids is 1. The average Bonchev–Trinajstić information content (AvgIpc) is 3.18. The van der Waals surface area contributed by atoms with Crippen LogP contribution >= 0.6 is 23.2 Å². The molecule has 1 aromatic rings. The number of fused-ring (bicyclic) bond motifs is 1. The standard InChI is InChI=1S/C19H24Cl2N2O2/c1-11-4-5-22(9-11)13-7-14-6-12(10-23(14)17(25)8-13)18-16(24)3-2-15(20)19(18)21/h2-3,11-14,24H,4-10H2,1H3/t11-,12-,13-,14-/m0/s1. The van der Waals surface area contributed by atoms with Gasteiger partial charge in [-0.1, -0.05) is 30.1 Å². The Morgan fingerprint density at radius 2 is 1.96 bits per heavy atom. The highest BCUT2D eigenvalue weighted by Gasteiger charge is 2.44. The van der Waals surface area contributed by atoms with Crippen molar-refractivity contribution in [3.63, 3.8) is 0 Å². The van der Waals surface area contributed by atoms with Gasteiger partial charge in [0.25, 0.3) is 0 Å². The first kappa shape index (κ1) is 17.4. The summed E-state index contributed by atoms with van der Waals surface area (Å²) in [6, 6.07) is 3.81. The summed E-state index contributed by atoms with van der Waals surface area (Å²) >= 11 is 12.5. The molecule has 4 nitrogen and oxygen atoms in total. The number of amides is 1. The van der Waals surface area contributed by atoms with Gasteiger partial charge in [-0.25, -0.2) is 0 Å². The van der Waals surface area contributed by atoms with Gasteiger partial charge in [-0.2, -0.15) is 0 Å². The molecule has 0 unspecified atom stereocenters. The monoisotopic (exact) mass is 382 g/mol. The fourth-order valence-electron chi connectivity index (χ4n) is 4.89. The number of nitrogens with zero attached hydrogens (tertiary/aromatic N) is 2. The summed E-state index contributed by atoms with van der Waals surface area (Å²) < 4.78 is 0. The van der Waals surface area contributed by atoms with Crippen LogP contribution in [0.1, 0.15) is 44.1 Å². The number of hydrogen-bond donors (Lipinski definition) is 1. The van der Waals surface area contributed by atoms with Crippen LogP contribution in [0.3, 0.4) is 0 Å². The molecule has 0 spiro atoms. The molecule has 1 N–H and O–H groups in total. The van der Waals surface area contributed by atoms with E-state index >= 15 is 0 Å². The Hall–Kier alpha value is -0.970. The number of hydrogen-bond acceptors (Lipinski definition) is 3. The molecule has 3 aliphatic rings. The first-order valence-corrected chi connectivity index (χ1v) is 9.90. The quantitative estimate of drug-likeness (QED) is 0.843. The molecule has 3 fully saturated rings. The van der Waals surface area contributed by atoms with Gasteiger partial charge in [0.05, 0.1) is 10.0 Å². The molecular formula is C19H24Cl2N2O2. The Morgan fingerprint density at radius 1 is 1.16 bits per heavy atom. The summed E-state index contributed by atoms with van der Waals surface area (Å²) in [5, 5.41) is 11.1. The molecule has 6 heteroatoms. The van der Waals surface area contributed by atoms with Crippen LogP contribution < -0.4 is 0 Å². The number of phenolic OH excluding ortho intramolecular Hbond substituents is 1. The van der Waals surface area contributed by atoms with E-state index in [-0.39, 0.29) is 23.6 Å². The van der Waals surface area contributed by atoms with E-state index in [0.29, 0.717) is 34.6 Å². The highest BCUT2D eigenvalue weighted by Crippen LogP contribution is 2.45. The molecule has 0 bridgehead atoms. The van der Waals surface area contributed by atoms with E-state index in [0.717, 1.165) is 31.8 Å². The lowest BCUT2D eigenvalue weighted by Crippen LogP contribution is -2.49. The van der Waals surface area contributed by atoms with E-state index < -0.39 is 0 Å². The van der Waals surface area contributed by atoms with Gasteiger partial charge in [-0.05, 0) is 43.9 Å². The van der Waals surface area contributed by atoms with E-state index in [1.165, 1.54) is 6.42 Å². The van der Waals surface area contributed by atoms with Gasteiger partial charge in [0.1, 0.15) is 5.75 Å². The number of aromatic hydroxyl groups is 1. The second kappa shape index (κ2) is 6.64. The highest BCUT2D eigenvalue weighted by atomic mass is 35.5. The number of phenols is 1. The van der Waals surface area contributed by atoms with Crippen molar-refractivity contribution in [3.8, 4) is 5.75 Å². The van der Waals surface area contributed by atoms with Gasteiger partial charge in [-0.15, -0.1) is 0 Å². The Bertz CT molecular complexity index is 696. The lowest BCUT2D eigenvalue weighted by molar-refractivity contribution is -0.137. The van der Waals surface area contributed by atoms with Gasteiger partial charge in [0.15, 0.2) is 0 Å². The fourth-order valence-corrected chi connectivity index (χ4v) is 5.37. The normalized spacial score (nSPS) is 33.1. The largest absolute Gasteiger partial charge is 0.508 e. The van der Waals surface area contributed by atoms with Crippen molar-refractivity contribution in [1.29, 1.82) is 0 Å². The average molecular weight is 383 g/mol. The maximum Gasteiger partial charge on any atom is 0.224 e. The molecule has 4 rings (SSSR count). The van der Waals surface area contributed by atoms with Crippen molar-refractivity contribution in [1.82, 2.24) is 9.80 Å². The maximum atomic E-state index is 12.7. The van der Waals surface area contributed by atoms with Crippen LogP contribution in [0, 0.1) is 5.92 Å². The van der Waals surface area contributed by atoms with E-state index in [1.54, 1.807) is 12.1 Å². The molecule has 0 saturated carbocycles. The third-order valence-electron chi connectivity index (χ3n) is 6.18. The number of benzene rings is 1. The second-order valence-corrected chi connectivity index (χ2v) is 8.69. The Balaban J connectivity index is 1.53. The van der Waals surface area contributed by atoms with Crippen LogP contribution in [0.15, 0.2) is 12.1 Å². The number of rotatable bonds is 2. The van der Waals surface area contributed by atoms with Crippen LogP contribution in [-0.4, -0.2) is 52.5 Å². The van der Waals surface area contributed by atoms with Gasteiger partial charge in [0, 0.05) is 43.1 Å². The molecule has 0 aliphatic carbocycles.